The summed E-state index contributed by atoms with van der Waals surface area (Å²) in [6.45, 7) is 5.52. The summed E-state index contributed by atoms with van der Waals surface area (Å²) in [5, 5.41) is 12.0. The summed E-state index contributed by atoms with van der Waals surface area (Å²) < 4.78 is 5.26. The second kappa shape index (κ2) is 7.12. The normalized spacial score (nSPS) is 15.2. The Balaban J connectivity index is 1.99. The van der Waals surface area contributed by atoms with E-state index in [1.54, 1.807) is 0 Å². The molecule has 1 aromatic rings. The van der Waals surface area contributed by atoms with E-state index in [2.05, 4.69) is 25.2 Å². The molecule has 106 valence electrons. The molecule has 1 N–H and O–H groups in total. The summed E-state index contributed by atoms with van der Waals surface area (Å²) >= 11 is 0. The standard InChI is InChI=1S/C17H22N2O/c1-13(2)15(12-19-16-5-6-16)11-14-3-7-17(8-4-14)20-10-9-18/h3-4,7-8,11,13,16,19H,5-6,10,12H2,1-2H3. The fourth-order valence-corrected chi connectivity index (χ4v) is 1.96. The molecule has 0 saturated heterocycles. The molecule has 1 aromatic carbocycles. The van der Waals surface area contributed by atoms with Crippen molar-refractivity contribution in [1.29, 1.82) is 5.26 Å². The van der Waals surface area contributed by atoms with Gasteiger partial charge in [0.1, 0.15) is 11.8 Å². The maximum atomic E-state index is 8.48. The molecule has 3 nitrogen and oxygen atoms in total. The summed E-state index contributed by atoms with van der Waals surface area (Å²) in [6, 6.07) is 10.6. The Morgan fingerprint density at radius 2 is 2.10 bits per heavy atom. The molecule has 0 aliphatic heterocycles. The van der Waals surface area contributed by atoms with E-state index in [1.165, 1.54) is 24.0 Å². The predicted molar refractivity (Wildman–Crippen MR) is 81.4 cm³/mol. The van der Waals surface area contributed by atoms with Gasteiger partial charge in [0.2, 0.25) is 0 Å². The van der Waals surface area contributed by atoms with Crippen molar-refractivity contribution in [2.45, 2.75) is 32.7 Å². The van der Waals surface area contributed by atoms with Crippen molar-refractivity contribution in [1.82, 2.24) is 5.32 Å². The van der Waals surface area contributed by atoms with Crippen LogP contribution in [0.2, 0.25) is 0 Å². The Bertz CT molecular complexity index is 493. The number of hydrogen-bond donors (Lipinski definition) is 1. The van der Waals surface area contributed by atoms with Gasteiger partial charge in [-0.05, 0) is 36.5 Å². The van der Waals surface area contributed by atoms with Gasteiger partial charge in [-0.2, -0.15) is 5.26 Å². The largest absolute Gasteiger partial charge is 0.479 e. The molecular weight excluding hydrogens is 248 g/mol. The first-order chi connectivity index (χ1) is 9.69. The second-order valence-corrected chi connectivity index (χ2v) is 5.54. The Kier molecular flexibility index (Phi) is 5.20. The molecule has 0 bridgehead atoms. The molecule has 0 atom stereocenters. The van der Waals surface area contributed by atoms with Crippen LogP contribution in [0.25, 0.3) is 6.08 Å². The number of nitrogens with zero attached hydrogens (tertiary/aromatic N) is 1. The minimum Gasteiger partial charge on any atom is -0.479 e. The summed E-state index contributed by atoms with van der Waals surface area (Å²) in [5.41, 5.74) is 2.60. The molecule has 0 heterocycles. The average Bonchev–Trinajstić information content (AvgIpc) is 3.26. The third-order valence-electron chi connectivity index (χ3n) is 3.45. The predicted octanol–water partition coefficient (Wildman–Crippen LogP) is 3.38. The van der Waals surface area contributed by atoms with Gasteiger partial charge < -0.3 is 10.1 Å². The highest BCUT2D eigenvalue weighted by Gasteiger charge is 2.20. The van der Waals surface area contributed by atoms with E-state index in [9.17, 15) is 0 Å². The van der Waals surface area contributed by atoms with Gasteiger partial charge in [-0.1, -0.05) is 37.6 Å². The smallest absolute Gasteiger partial charge is 0.174 e. The molecular formula is C17H22N2O. The maximum absolute atomic E-state index is 8.48. The van der Waals surface area contributed by atoms with Crippen LogP contribution >= 0.6 is 0 Å². The SMILES string of the molecule is CC(C)C(=Cc1ccc(OCC#N)cc1)CNC1CC1. The molecule has 20 heavy (non-hydrogen) atoms. The Hall–Kier alpha value is -1.79. The molecule has 0 radical (unpaired) electrons. The van der Waals surface area contributed by atoms with Gasteiger partial charge >= 0.3 is 0 Å². The summed E-state index contributed by atoms with van der Waals surface area (Å²) in [5.74, 6) is 1.28. The van der Waals surface area contributed by atoms with Crippen molar-refractivity contribution < 1.29 is 4.74 Å². The molecule has 0 spiro atoms. The van der Waals surface area contributed by atoms with E-state index in [0.29, 0.717) is 5.92 Å². The molecule has 3 heteroatoms. The van der Waals surface area contributed by atoms with E-state index in [-0.39, 0.29) is 6.61 Å². The molecule has 1 aliphatic rings. The van der Waals surface area contributed by atoms with Crippen molar-refractivity contribution in [2.75, 3.05) is 13.2 Å². The molecule has 1 saturated carbocycles. The minimum absolute atomic E-state index is 0.0950. The number of rotatable bonds is 7. The van der Waals surface area contributed by atoms with Crippen LogP contribution in [0, 0.1) is 17.2 Å². The molecule has 0 aromatic heterocycles. The summed E-state index contributed by atoms with van der Waals surface area (Å²) in [7, 11) is 0. The summed E-state index contributed by atoms with van der Waals surface area (Å²) in [6.07, 6.45) is 4.88. The Morgan fingerprint density at radius 1 is 1.40 bits per heavy atom. The first kappa shape index (κ1) is 14.6. The first-order valence-electron chi connectivity index (χ1n) is 7.22. The van der Waals surface area contributed by atoms with Crippen molar-refractivity contribution in [3.63, 3.8) is 0 Å². The van der Waals surface area contributed by atoms with Gasteiger partial charge in [0.15, 0.2) is 6.61 Å². The van der Waals surface area contributed by atoms with Crippen LogP contribution in [0.15, 0.2) is 29.8 Å². The first-order valence-corrected chi connectivity index (χ1v) is 7.22. The third-order valence-corrected chi connectivity index (χ3v) is 3.45. The Labute approximate surface area is 121 Å². The molecule has 1 aliphatic carbocycles. The van der Waals surface area contributed by atoms with Gasteiger partial charge in [0.25, 0.3) is 0 Å². The van der Waals surface area contributed by atoms with Gasteiger partial charge in [-0.3, -0.25) is 0 Å². The number of nitrogens with one attached hydrogen (secondary N) is 1. The highest BCUT2D eigenvalue weighted by atomic mass is 16.5. The van der Waals surface area contributed by atoms with Crippen molar-refractivity contribution >= 4 is 6.08 Å². The van der Waals surface area contributed by atoms with Crippen LogP contribution in [0.4, 0.5) is 0 Å². The lowest BCUT2D eigenvalue weighted by atomic mass is 10.00. The van der Waals surface area contributed by atoms with E-state index < -0.39 is 0 Å². The highest BCUT2D eigenvalue weighted by molar-refractivity contribution is 5.54. The van der Waals surface area contributed by atoms with E-state index in [1.807, 2.05) is 30.3 Å². The van der Waals surface area contributed by atoms with E-state index >= 15 is 0 Å². The molecule has 2 rings (SSSR count). The van der Waals surface area contributed by atoms with Gasteiger partial charge in [-0.25, -0.2) is 0 Å². The highest BCUT2D eigenvalue weighted by Crippen LogP contribution is 2.21. The number of hydrogen-bond acceptors (Lipinski definition) is 3. The van der Waals surface area contributed by atoms with Gasteiger partial charge in [-0.15, -0.1) is 0 Å². The zero-order chi connectivity index (χ0) is 14.4. The minimum atomic E-state index is 0.0950. The van der Waals surface area contributed by atoms with Crippen LogP contribution in [0.5, 0.6) is 5.75 Å². The molecule has 0 unspecified atom stereocenters. The van der Waals surface area contributed by atoms with Crippen molar-refractivity contribution in [3.8, 4) is 11.8 Å². The van der Waals surface area contributed by atoms with Crippen LogP contribution in [-0.2, 0) is 0 Å². The van der Waals surface area contributed by atoms with E-state index in [0.717, 1.165) is 18.3 Å². The lowest BCUT2D eigenvalue weighted by Gasteiger charge is -2.13. The third kappa shape index (κ3) is 4.71. The lowest BCUT2D eigenvalue weighted by Crippen LogP contribution is -2.21. The Morgan fingerprint density at radius 3 is 2.65 bits per heavy atom. The van der Waals surface area contributed by atoms with Crippen LogP contribution in [0.3, 0.4) is 0 Å². The zero-order valence-electron chi connectivity index (χ0n) is 12.2. The van der Waals surface area contributed by atoms with Crippen LogP contribution in [-0.4, -0.2) is 19.2 Å². The second-order valence-electron chi connectivity index (χ2n) is 5.54. The monoisotopic (exact) mass is 270 g/mol. The van der Waals surface area contributed by atoms with E-state index in [4.69, 9.17) is 10.00 Å². The van der Waals surface area contributed by atoms with Crippen molar-refractivity contribution in [2.24, 2.45) is 5.92 Å². The van der Waals surface area contributed by atoms with Crippen LogP contribution in [0.1, 0.15) is 32.3 Å². The topological polar surface area (TPSA) is 45.0 Å². The van der Waals surface area contributed by atoms with Gasteiger partial charge in [0.05, 0.1) is 0 Å². The average molecular weight is 270 g/mol. The maximum Gasteiger partial charge on any atom is 0.174 e. The van der Waals surface area contributed by atoms with Gasteiger partial charge in [0, 0.05) is 12.6 Å². The summed E-state index contributed by atoms with van der Waals surface area (Å²) in [4.78, 5) is 0. The number of nitriles is 1. The fraction of sp³-hybridized carbons (Fsp3) is 0.471. The lowest BCUT2D eigenvalue weighted by molar-refractivity contribution is 0.368. The number of benzene rings is 1. The zero-order valence-corrected chi connectivity index (χ0v) is 12.2. The van der Waals surface area contributed by atoms with Crippen LogP contribution < -0.4 is 10.1 Å². The fourth-order valence-electron chi connectivity index (χ4n) is 1.96. The molecule has 0 amide bonds. The van der Waals surface area contributed by atoms with Crippen molar-refractivity contribution in [3.05, 3.63) is 35.4 Å². The number of ether oxygens (including phenoxy) is 1. The quantitative estimate of drug-likeness (QED) is 0.826. The molecule has 1 fully saturated rings.